The van der Waals surface area contributed by atoms with Crippen LogP contribution in [-0.2, 0) is 6.54 Å². The van der Waals surface area contributed by atoms with Crippen LogP contribution in [0.4, 0.5) is 14.9 Å². The van der Waals surface area contributed by atoms with Crippen molar-refractivity contribution >= 4 is 34.3 Å². The molecule has 0 saturated carbocycles. The molecule has 1 aromatic carbocycles. The van der Waals surface area contributed by atoms with Crippen LogP contribution in [0, 0.1) is 5.82 Å². The summed E-state index contributed by atoms with van der Waals surface area (Å²) in [6.07, 6.45) is 0.0149. The molecule has 0 spiro atoms. The number of pyridine rings is 1. The van der Waals surface area contributed by atoms with Crippen LogP contribution >= 0.6 is 11.6 Å². The van der Waals surface area contributed by atoms with Crippen molar-refractivity contribution in [2.75, 3.05) is 5.32 Å². The number of carboxylic acid groups (broad SMARTS) is 1. The summed E-state index contributed by atoms with van der Waals surface area (Å²) in [5.41, 5.74) is -0.254. The number of hydrogen-bond acceptors (Lipinski definition) is 2. The van der Waals surface area contributed by atoms with Crippen molar-refractivity contribution in [3.8, 4) is 0 Å². The van der Waals surface area contributed by atoms with Crippen LogP contribution < -0.4 is 10.7 Å². The molecule has 2 N–H and O–H groups in total. The number of nitrogens with one attached hydrogen (secondary N) is 1. The summed E-state index contributed by atoms with van der Waals surface area (Å²) in [4.78, 5) is 22.7. The highest BCUT2D eigenvalue weighted by Crippen LogP contribution is 2.22. The van der Waals surface area contributed by atoms with Crippen LogP contribution in [0.5, 0.6) is 0 Å². The highest BCUT2D eigenvalue weighted by atomic mass is 35.5. The van der Waals surface area contributed by atoms with E-state index in [0.29, 0.717) is 12.1 Å². The fraction of sp³-hybridized carbons (Fsp3) is 0.167. The van der Waals surface area contributed by atoms with E-state index < -0.39 is 17.3 Å². The molecule has 19 heavy (non-hydrogen) atoms. The maximum atomic E-state index is 13.4. The Morgan fingerprint density at radius 2 is 2.21 bits per heavy atom. The Hall–Kier alpha value is -2.08. The number of nitrogens with zero attached hydrogens (tertiary/aromatic N) is 1. The molecule has 1 heterocycles. The molecular weight excluding hydrogens is 275 g/mol. The minimum absolute atomic E-state index is 0.0787. The first-order valence-electron chi connectivity index (χ1n) is 5.46. The second kappa shape index (κ2) is 4.89. The molecule has 0 radical (unpaired) electrons. The minimum Gasteiger partial charge on any atom is -0.465 e. The zero-order valence-corrected chi connectivity index (χ0v) is 10.7. The highest BCUT2D eigenvalue weighted by molar-refractivity contribution is 6.31. The number of rotatable bonds is 2. The van der Waals surface area contributed by atoms with Gasteiger partial charge in [0, 0.05) is 12.7 Å². The highest BCUT2D eigenvalue weighted by Gasteiger charge is 2.13. The van der Waals surface area contributed by atoms with Gasteiger partial charge >= 0.3 is 6.09 Å². The summed E-state index contributed by atoms with van der Waals surface area (Å²) in [6.45, 7) is 2.29. The number of aryl methyl sites for hydroxylation is 1. The second-order valence-electron chi connectivity index (χ2n) is 3.87. The number of anilines is 1. The molecule has 0 aliphatic carbocycles. The van der Waals surface area contributed by atoms with Gasteiger partial charge in [-0.25, -0.2) is 9.18 Å². The molecule has 0 fully saturated rings. The first-order valence-corrected chi connectivity index (χ1v) is 5.84. The topological polar surface area (TPSA) is 71.3 Å². The Labute approximate surface area is 112 Å². The molecule has 0 unspecified atom stereocenters. The van der Waals surface area contributed by atoms with Gasteiger partial charge in [0.2, 0.25) is 5.43 Å². The van der Waals surface area contributed by atoms with E-state index in [2.05, 4.69) is 0 Å². The number of amides is 1. The molecule has 0 saturated heterocycles. The molecule has 0 atom stereocenters. The summed E-state index contributed by atoms with van der Waals surface area (Å²) < 4.78 is 15.1. The lowest BCUT2D eigenvalue weighted by Crippen LogP contribution is -2.19. The molecule has 0 aliphatic heterocycles. The third-order valence-corrected chi connectivity index (χ3v) is 2.99. The van der Waals surface area contributed by atoms with E-state index in [1.807, 2.05) is 12.2 Å². The Morgan fingerprint density at radius 3 is 2.79 bits per heavy atom. The van der Waals surface area contributed by atoms with Gasteiger partial charge in [0.25, 0.3) is 0 Å². The van der Waals surface area contributed by atoms with E-state index in [0.717, 1.165) is 6.07 Å². The smallest absolute Gasteiger partial charge is 0.409 e. The van der Waals surface area contributed by atoms with Gasteiger partial charge in [-0.3, -0.25) is 10.1 Å². The first-order chi connectivity index (χ1) is 8.93. The lowest BCUT2D eigenvalue weighted by molar-refractivity contribution is 0.209. The molecule has 2 aromatic rings. The van der Waals surface area contributed by atoms with E-state index in [4.69, 9.17) is 16.7 Å². The average Bonchev–Trinajstić information content (AvgIpc) is 2.35. The molecule has 0 aliphatic rings. The quantitative estimate of drug-likeness (QED) is 0.891. The molecule has 1 aromatic heterocycles. The average molecular weight is 285 g/mol. The van der Waals surface area contributed by atoms with E-state index in [9.17, 15) is 14.0 Å². The van der Waals surface area contributed by atoms with Crippen molar-refractivity contribution in [2.24, 2.45) is 0 Å². The Bertz CT molecular complexity index is 727. The van der Waals surface area contributed by atoms with Crippen LogP contribution in [0.2, 0.25) is 5.02 Å². The Kier molecular flexibility index (Phi) is 3.44. The van der Waals surface area contributed by atoms with E-state index in [1.54, 1.807) is 4.57 Å². The lowest BCUT2D eigenvalue weighted by atomic mass is 10.2. The van der Waals surface area contributed by atoms with Gasteiger partial charge in [0.1, 0.15) is 11.5 Å². The van der Waals surface area contributed by atoms with E-state index in [1.165, 1.54) is 12.3 Å². The van der Waals surface area contributed by atoms with Crippen LogP contribution in [0.25, 0.3) is 10.9 Å². The maximum Gasteiger partial charge on any atom is 0.409 e. The summed E-state index contributed by atoms with van der Waals surface area (Å²) in [7, 11) is 0. The fourth-order valence-electron chi connectivity index (χ4n) is 1.85. The van der Waals surface area contributed by atoms with Crippen molar-refractivity contribution in [3.05, 3.63) is 39.4 Å². The number of carbonyl (C=O) groups is 1. The molecule has 0 bridgehead atoms. The van der Waals surface area contributed by atoms with Crippen LogP contribution in [-0.4, -0.2) is 15.8 Å². The predicted octanol–water partition coefficient (Wildman–Crippen LogP) is 2.90. The number of halogens is 2. The summed E-state index contributed by atoms with van der Waals surface area (Å²) in [5, 5.41) is 10.7. The zero-order valence-electron chi connectivity index (χ0n) is 9.91. The summed E-state index contributed by atoms with van der Waals surface area (Å²) >= 11 is 5.69. The van der Waals surface area contributed by atoms with Gasteiger partial charge in [-0.2, -0.15) is 0 Å². The van der Waals surface area contributed by atoms with Crippen molar-refractivity contribution in [3.63, 3.8) is 0 Å². The number of fused-ring (bicyclic) bond motifs is 1. The van der Waals surface area contributed by atoms with Gasteiger partial charge in [0.15, 0.2) is 0 Å². The van der Waals surface area contributed by atoms with Gasteiger partial charge in [-0.1, -0.05) is 11.6 Å². The monoisotopic (exact) mass is 284 g/mol. The van der Waals surface area contributed by atoms with Crippen LogP contribution in [0.1, 0.15) is 6.92 Å². The first kappa shape index (κ1) is 13.4. The molecule has 7 heteroatoms. The third-order valence-electron chi connectivity index (χ3n) is 2.70. The summed E-state index contributed by atoms with van der Waals surface area (Å²) in [6, 6.07) is 2.36. The number of benzene rings is 1. The van der Waals surface area contributed by atoms with Gasteiger partial charge in [0.05, 0.1) is 15.9 Å². The van der Waals surface area contributed by atoms with E-state index in [-0.39, 0.29) is 16.1 Å². The molecule has 1 amide bonds. The SMILES string of the molecule is CCn1cc(NC(=O)O)c(=O)c2cc(F)c(Cl)cc21. The summed E-state index contributed by atoms with van der Waals surface area (Å²) in [5.74, 6) is -0.721. The van der Waals surface area contributed by atoms with Crippen molar-refractivity contribution in [1.29, 1.82) is 0 Å². The molecular formula is C12H10ClFN2O3. The normalized spacial score (nSPS) is 10.7. The third kappa shape index (κ3) is 2.39. The zero-order chi connectivity index (χ0) is 14.2. The van der Waals surface area contributed by atoms with Crippen molar-refractivity contribution < 1.29 is 14.3 Å². The van der Waals surface area contributed by atoms with Crippen molar-refractivity contribution in [1.82, 2.24) is 4.57 Å². The second-order valence-corrected chi connectivity index (χ2v) is 4.28. The minimum atomic E-state index is -1.35. The van der Waals surface area contributed by atoms with Crippen LogP contribution in [0.15, 0.2) is 23.1 Å². The number of hydrogen-bond donors (Lipinski definition) is 2. The van der Waals surface area contributed by atoms with Gasteiger partial charge in [-0.05, 0) is 19.1 Å². The molecule has 100 valence electrons. The number of aromatic nitrogens is 1. The van der Waals surface area contributed by atoms with Gasteiger partial charge in [-0.15, -0.1) is 0 Å². The van der Waals surface area contributed by atoms with Crippen LogP contribution in [0.3, 0.4) is 0 Å². The van der Waals surface area contributed by atoms with Gasteiger partial charge < -0.3 is 9.67 Å². The van der Waals surface area contributed by atoms with E-state index >= 15 is 0 Å². The Balaban J connectivity index is 2.83. The van der Waals surface area contributed by atoms with Crippen molar-refractivity contribution in [2.45, 2.75) is 13.5 Å². The molecule has 2 rings (SSSR count). The standard InChI is InChI=1S/C12H10ClFN2O3/c1-2-16-5-9(15-12(18)19)11(17)6-3-8(14)7(13)4-10(6)16/h3-5,15H,2H2,1H3,(H,18,19). The predicted molar refractivity (Wildman–Crippen MR) is 70.5 cm³/mol. The largest absolute Gasteiger partial charge is 0.465 e. The Morgan fingerprint density at radius 1 is 1.53 bits per heavy atom. The fourth-order valence-corrected chi connectivity index (χ4v) is 2.01. The maximum absolute atomic E-state index is 13.4. The molecule has 5 nitrogen and oxygen atoms in total. The lowest BCUT2D eigenvalue weighted by Gasteiger charge is -2.12.